The zero-order chi connectivity index (χ0) is 21.1. The van der Waals surface area contributed by atoms with Crippen LogP contribution < -0.4 is 14.8 Å². The number of hydrogen-bond donors (Lipinski definition) is 3. The number of para-hydroxylation sites is 1. The van der Waals surface area contributed by atoms with Crippen LogP contribution in [-0.2, 0) is 16.0 Å². The van der Waals surface area contributed by atoms with E-state index in [0.29, 0.717) is 30.3 Å². The van der Waals surface area contributed by atoms with Crippen LogP contribution in [0.25, 0.3) is 0 Å². The van der Waals surface area contributed by atoms with E-state index < -0.39 is 17.2 Å². The van der Waals surface area contributed by atoms with E-state index in [1.807, 2.05) is 25.1 Å². The Morgan fingerprint density at radius 3 is 2.41 bits per heavy atom. The van der Waals surface area contributed by atoms with Gasteiger partial charge in [-0.2, -0.15) is 0 Å². The molecule has 158 valence electrons. The molecule has 0 heterocycles. The Kier molecular flexibility index (Phi) is 9.46. The summed E-state index contributed by atoms with van der Waals surface area (Å²) in [5.41, 5.74) is 1.03. The number of benzene rings is 2. The largest absolute Gasteiger partial charge is 0.462 e. The van der Waals surface area contributed by atoms with Crippen LogP contribution in [0.1, 0.15) is 49.9 Å². The van der Waals surface area contributed by atoms with Crippen LogP contribution in [0, 0.1) is 0 Å². The smallest absolute Gasteiger partial charge is 0.338 e. The summed E-state index contributed by atoms with van der Waals surface area (Å²) in [5, 5.41) is 3.26. The van der Waals surface area contributed by atoms with E-state index in [9.17, 15) is 13.6 Å². The van der Waals surface area contributed by atoms with E-state index in [-0.39, 0.29) is 11.3 Å². The van der Waals surface area contributed by atoms with Crippen LogP contribution in [0.4, 0.5) is 11.4 Å². The van der Waals surface area contributed by atoms with Crippen molar-refractivity contribution < 1.29 is 23.0 Å². The molecule has 2 aromatic carbocycles. The third-order valence-electron chi connectivity index (χ3n) is 4.06. The van der Waals surface area contributed by atoms with Crippen LogP contribution in [0.5, 0.6) is 11.5 Å². The van der Waals surface area contributed by atoms with E-state index in [2.05, 4.69) is 17.0 Å². The fourth-order valence-corrected chi connectivity index (χ4v) is 2.90. The number of carbonyl (C=O) groups is 1. The first-order valence-corrected chi connectivity index (χ1v) is 10.8. The summed E-state index contributed by atoms with van der Waals surface area (Å²) < 4.78 is 34.5. The third-order valence-corrected chi connectivity index (χ3v) is 4.46. The number of rotatable bonds is 12. The van der Waals surface area contributed by atoms with Gasteiger partial charge in [0.1, 0.15) is 5.75 Å². The number of anilines is 2. The van der Waals surface area contributed by atoms with Gasteiger partial charge in [0.25, 0.3) is 11.3 Å². The molecule has 0 bridgehead atoms. The van der Waals surface area contributed by atoms with Crippen molar-refractivity contribution in [3.63, 3.8) is 0 Å². The third kappa shape index (κ3) is 7.40. The van der Waals surface area contributed by atoms with Gasteiger partial charge in [-0.05, 0) is 37.1 Å². The van der Waals surface area contributed by atoms with Crippen molar-refractivity contribution in [3.05, 3.63) is 48.0 Å². The van der Waals surface area contributed by atoms with Gasteiger partial charge < -0.3 is 14.8 Å². The van der Waals surface area contributed by atoms with Crippen LogP contribution in [0.3, 0.4) is 0 Å². The predicted octanol–water partition coefficient (Wildman–Crippen LogP) is 5.20. The van der Waals surface area contributed by atoms with Gasteiger partial charge in [0.05, 0.1) is 23.5 Å². The second-order valence-electron chi connectivity index (χ2n) is 6.44. The van der Waals surface area contributed by atoms with Gasteiger partial charge in [0.15, 0.2) is 5.75 Å². The van der Waals surface area contributed by atoms with Crippen LogP contribution in [0.15, 0.2) is 42.5 Å². The summed E-state index contributed by atoms with van der Waals surface area (Å²) in [6.45, 7) is 5.08. The average molecular weight is 421 g/mol. The molecule has 2 rings (SSSR count). The number of esters is 1. The fraction of sp³-hybridized carbons (Fsp3) is 0.381. The Bertz CT molecular complexity index is 814. The zero-order valence-electron chi connectivity index (χ0n) is 16.8. The van der Waals surface area contributed by atoms with Crippen molar-refractivity contribution in [2.45, 2.75) is 39.5 Å². The number of unbranched alkanes of at least 4 members (excludes halogenated alkanes) is 2. The van der Waals surface area contributed by atoms with Gasteiger partial charge in [0, 0.05) is 6.54 Å². The highest BCUT2D eigenvalue weighted by Crippen LogP contribution is 2.39. The van der Waals surface area contributed by atoms with Crippen molar-refractivity contribution in [2.24, 2.45) is 0 Å². The molecule has 1 atom stereocenters. The van der Waals surface area contributed by atoms with E-state index in [1.165, 1.54) is 6.07 Å². The summed E-state index contributed by atoms with van der Waals surface area (Å²) in [4.78, 5) is 12.5. The average Bonchev–Trinajstić information content (AvgIpc) is 2.70. The lowest BCUT2D eigenvalue weighted by atomic mass is 10.1. The predicted molar refractivity (Wildman–Crippen MR) is 116 cm³/mol. The van der Waals surface area contributed by atoms with Gasteiger partial charge in [0.2, 0.25) is 0 Å². The number of carbonyl (C=O) groups excluding carboxylic acids is 1. The van der Waals surface area contributed by atoms with Gasteiger partial charge in [-0.25, -0.2) is 9.00 Å². The van der Waals surface area contributed by atoms with Crippen molar-refractivity contribution in [3.8, 4) is 11.5 Å². The first-order valence-electron chi connectivity index (χ1n) is 9.74. The molecule has 0 aliphatic rings. The zero-order valence-corrected chi connectivity index (χ0v) is 17.6. The lowest BCUT2D eigenvalue weighted by Crippen LogP contribution is -2.12. The van der Waals surface area contributed by atoms with Gasteiger partial charge >= 0.3 is 5.97 Å². The highest BCUT2D eigenvalue weighted by Gasteiger charge is 2.19. The van der Waals surface area contributed by atoms with Crippen LogP contribution >= 0.6 is 0 Å². The van der Waals surface area contributed by atoms with Crippen molar-refractivity contribution in [1.29, 1.82) is 0 Å². The van der Waals surface area contributed by atoms with Crippen LogP contribution in [0.2, 0.25) is 0 Å². The van der Waals surface area contributed by atoms with Crippen molar-refractivity contribution >= 4 is 28.6 Å². The van der Waals surface area contributed by atoms with Gasteiger partial charge in [-0.3, -0.25) is 9.27 Å². The molecule has 0 spiro atoms. The number of ether oxygens (including phenoxy) is 2. The van der Waals surface area contributed by atoms with Crippen LogP contribution in [-0.4, -0.2) is 27.9 Å². The minimum Gasteiger partial charge on any atom is -0.462 e. The molecule has 0 aromatic heterocycles. The highest BCUT2D eigenvalue weighted by atomic mass is 32.2. The first-order chi connectivity index (χ1) is 14.0. The molecular weight excluding hydrogens is 392 g/mol. The maximum absolute atomic E-state index is 12.5. The minimum absolute atomic E-state index is 0.221. The monoisotopic (exact) mass is 420 g/mol. The summed E-state index contributed by atoms with van der Waals surface area (Å²) in [7, 11) is 0. The molecule has 0 radical (unpaired) electrons. The fourth-order valence-electron chi connectivity index (χ4n) is 2.56. The van der Waals surface area contributed by atoms with Gasteiger partial charge in [-0.15, -0.1) is 0 Å². The maximum Gasteiger partial charge on any atom is 0.338 e. The van der Waals surface area contributed by atoms with Gasteiger partial charge in [-0.1, -0.05) is 44.9 Å². The van der Waals surface area contributed by atoms with E-state index in [0.717, 1.165) is 25.7 Å². The number of nitrogens with one attached hydrogen (secondary N) is 2. The summed E-state index contributed by atoms with van der Waals surface area (Å²) >= 11 is -2.34. The normalized spacial score (nSPS) is 11.6. The summed E-state index contributed by atoms with van der Waals surface area (Å²) in [6, 6.07) is 12.2. The second-order valence-corrected chi connectivity index (χ2v) is 7.14. The summed E-state index contributed by atoms with van der Waals surface area (Å²) in [5.74, 6) is 0.408. The maximum atomic E-state index is 12.5. The molecule has 3 N–H and O–H groups in total. The molecule has 2 aromatic rings. The highest BCUT2D eigenvalue weighted by molar-refractivity contribution is 7.80. The summed E-state index contributed by atoms with van der Waals surface area (Å²) in [6.07, 6.45) is 3.60. The SMILES string of the molecule is CCCCNc1cc(C(=O)OCCCC)cc(NS(=O)O)c1Oc1ccccc1. The number of hydrogen-bond acceptors (Lipinski definition) is 5. The lowest BCUT2D eigenvalue weighted by Gasteiger charge is -2.18. The Labute approximate surface area is 174 Å². The molecule has 0 amide bonds. The standard InChI is InChI=1S/C21H28N2O5S/c1-3-5-12-22-18-14-16(21(24)27-13-6-4-2)15-19(23-29(25)26)20(18)28-17-10-8-7-9-11-17/h7-11,14-15,22-23H,3-6,12-13H2,1-2H3,(H,25,26). The Morgan fingerprint density at radius 2 is 1.76 bits per heavy atom. The molecule has 0 aliphatic carbocycles. The van der Waals surface area contributed by atoms with E-state index >= 15 is 0 Å². The molecular formula is C21H28N2O5S. The molecule has 0 saturated heterocycles. The molecule has 8 heteroatoms. The molecule has 29 heavy (non-hydrogen) atoms. The Balaban J connectivity index is 2.42. The minimum atomic E-state index is -2.34. The van der Waals surface area contributed by atoms with E-state index in [4.69, 9.17) is 9.47 Å². The quantitative estimate of drug-likeness (QED) is 0.248. The molecule has 0 fully saturated rings. The van der Waals surface area contributed by atoms with E-state index in [1.54, 1.807) is 18.2 Å². The Hall–Kier alpha value is -2.58. The Morgan fingerprint density at radius 1 is 1.07 bits per heavy atom. The molecule has 0 aliphatic heterocycles. The molecule has 1 unspecified atom stereocenters. The molecule has 7 nitrogen and oxygen atoms in total. The first kappa shape index (κ1) is 22.7. The lowest BCUT2D eigenvalue weighted by molar-refractivity contribution is 0.0500. The second kappa shape index (κ2) is 12.1. The topological polar surface area (TPSA) is 96.9 Å². The van der Waals surface area contributed by atoms with Crippen molar-refractivity contribution in [1.82, 2.24) is 0 Å². The van der Waals surface area contributed by atoms with Crippen molar-refractivity contribution in [2.75, 3.05) is 23.2 Å². The molecule has 0 saturated carbocycles.